The average molecular weight is 320 g/mol. The summed E-state index contributed by atoms with van der Waals surface area (Å²) in [5.41, 5.74) is 1.06. The van der Waals surface area contributed by atoms with Crippen molar-refractivity contribution in [1.29, 1.82) is 0 Å². The highest BCUT2D eigenvalue weighted by molar-refractivity contribution is 7.16. The maximum Gasteiger partial charge on any atom is 0.251 e. The summed E-state index contributed by atoms with van der Waals surface area (Å²) in [5.74, 6) is 0.953. The molecule has 1 aromatic carbocycles. The fraction of sp³-hybridized carbons (Fsp3) is 0.500. The molecule has 0 radical (unpaired) electrons. The molecule has 1 fully saturated rings. The van der Waals surface area contributed by atoms with Crippen LogP contribution in [0.4, 0.5) is 0 Å². The van der Waals surface area contributed by atoms with E-state index >= 15 is 0 Å². The van der Waals surface area contributed by atoms with Gasteiger partial charge in [-0.3, -0.25) is 4.79 Å². The molecule has 0 atom stereocenters. The number of hydrogen-bond donors (Lipinski definition) is 0. The van der Waals surface area contributed by atoms with E-state index < -0.39 is 0 Å². The maximum atomic E-state index is 12.0. The second-order valence-corrected chi connectivity index (χ2v) is 6.30. The number of nitrogens with zero attached hydrogens (tertiary/aromatic N) is 2. The van der Waals surface area contributed by atoms with Crippen LogP contribution in [0.25, 0.3) is 10.2 Å². The van der Waals surface area contributed by atoms with E-state index in [0.717, 1.165) is 33.6 Å². The van der Waals surface area contributed by atoms with Gasteiger partial charge in [0.05, 0.1) is 23.9 Å². The zero-order valence-corrected chi connectivity index (χ0v) is 13.7. The summed E-state index contributed by atoms with van der Waals surface area (Å²) in [7, 11) is 1.65. The van der Waals surface area contributed by atoms with Crippen molar-refractivity contribution >= 4 is 27.5 Å². The van der Waals surface area contributed by atoms with Crippen molar-refractivity contribution in [3.8, 4) is 5.75 Å². The zero-order valence-electron chi connectivity index (χ0n) is 12.9. The Balaban J connectivity index is 2.03. The van der Waals surface area contributed by atoms with Gasteiger partial charge in [-0.25, -0.2) is 0 Å². The van der Waals surface area contributed by atoms with E-state index in [-0.39, 0.29) is 11.8 Å². The molecule has 22 heavy (non-hydrogen) atoms. The van der Waals surface area contributed by atoms with Gasteiger partial charge >= 0.3 is 0 Å². The summed E-state index contributed by atoms with van der Waals surface area (Å²) in [5, 5.41) is 0. The SMILES string of the molecule is CCOCCn1c(=NC(=O)C2CC2)sc2cc(OC)ccc21. The van der Waals surface area contributed by atoms with Gasteiger partial charge in [-0.2, -0.15) is 4.99 Å². The third-order valence-corrected chi connectivity index (χ3v) is 4.73. The van der Waals surface area contributed by atoms with Gasteiger partial charge in [0, 0.05) is 19.1 Å². The average Bonchev–Trinajstić information content (AvgIpc) is 3.32. The molecule has 1 aliphatic rings. The second kappa shape index (κ2) is 6.62. The first-order chi connectivity index (χ1) is 10.7. The summed E-state index contributed by atoms with van der Waals surface area (Å²) >= 11 is 1.52. The Labute approximate surface area is 133 Å². The van der Waals surface area contributed by atoms with Crippen LogP contribution in [0.1, 0.15) is 19.8 Å². The van der Waals surface area contributed by atoms with Crippen LogP contribution in [0.3, 0.4) is 0 Å². The molecule has 0 bridgehead atoms. The molecular formula is C16H20N2O3S. The molecule has 1 amide bonds. The van der Waals surface area contributed by atoms with Crippen molar-refractivity contribution in [2.75, 3.05) is 20.3 Å². The highest BCUT2D eigenvalue weighted by Crippen LogP contribution is 2.30. The molecule has 118 valence electrons. The number of ether oxygens (including phenoxy) is 2. The number of aromatic nitrogens is 1. The van der Waals surface area contributed by atoms with Gasteiger partial charge in [0.1, 0.15) is 5.75 Å². The molecule has 0 spiro atoms. The first-order valence-corrected chi connectivity index (χ1v) is 8.38. The van der Waals surface area contributed by atoms with Gasteiger partial charge in [-0.15, -0.1) is 0 Å². The number of carbonyl (C=O) groups excluding carboxylic acids is 1. The van der Waals surface area contributed by atoms with Crippen LogP contribution in [0.15, 0.2) is 23.2 Å². The third kappa shape index (κ3) is 3.23. The molecule has 5 nitrogen and oxygen atoms in total. The van der Waals surface area contributed by atoms with Crippen LogP contribution in [0, 0.1) is 5.92 Å². The first-order valence-electron chi connectivity index (χ1n) is 7.56. The standard InChI is InChI=1S/C16H20N2O3S/c1-3-21-9-8-18-13-7-6-12(20-2)10-14(13)22-16(18)17-15(19)11-4-5-11/h6-7,10-11H,3-5,8-9H2,1-2H3. The van der Waals surface area contributed by atoms with Crippen molar-refractivity contribution in [3.05, 3.63) is 23.0 Å². The van der Waals surface area contributed by atoms with E-state index in [2.05, 4.69) is 9.56 Å². The summed E-state index contributed by atoms with van der Waals surface area (Å²) in [6, 6.07) is 5.92. The Morgan fingerprint density at radius 3 is 2.95 bits per heavy atom. The summed E-state index contributed by atoms with van der Waals surface area (Å²) in [4.78, 5) is 17.1. The molecule has 0 saturated heterocycles. The minimum absolute atomic E-state index is 0.00341. The Morgan fingerprint density at radius 2 is 2.27 bits per heavy atom. The number of benzene rings is 1. The fourth-order valence-corrected chi connectivity index (χ4v) is 3.39. The van der Waals surface area contributed by atoms with E-state index in [9.17, 15) is 4.79 Å². The van der Waals surface area contributed by atoms with Gasteiger partial charge in [0.25, 0.3) is 5.91 Å². The van der Waals surface area contributed by atoms with Gasteiger partial charge in [0.2, 0.25) is 0 Å². The highest BCUT2D eigenvalue weighted by atomic mass is 32.1. The molecule has 1 heterocycles. The number of rotatable bonds is 6. The number of methoxy groups -OCH3 is 1. The number of thiazole rings is 1. The Kier molecular flexibility index (Phi) is 4.59. The lowest BCUT2D eigenvalue weighted by atomic mass is 10.3. The van der Waals surface area contributed by atoms with Gasteiger partial charge in [-0.1, -0.05) is 11.3 Å². The van der Waals surface area contributed by atoms with E-state index in [1.807, 2.05) is 25.1 Å². The number of fused-ring (bicyclic) bond motifs is 1. The van der Waals surface area contributed by atoms with Crippen LogP contribution >= 0.6 is 11.3 Å². The highest BCUT2D eigenvalue weighted by Gasteiger charge is 2.29. The molecule has 2 aromatic rings. The molecule has 6 heteroatoms. The van der Waals surface area contributed by atoms with Crippen LogP contribution < -0.4 is 9.54 Å². The van der Waals surface area contributed by atoms with Crippen LogP contribution in [0.2, 0.25) is 0 Å². The Hall–Kier alpha value is -1.66. The molecule has 1 saturated carbocycles. The molecule has 0 aliphatic heterocycles. The second-order valence-electron chi connectivity index (χ2n) is 5.29. The lowest BCUT2D eigenvalue weighted by Crippen LogP contribution is -2.20. The predicted molar refractivity (Wildman–Crippen MR) is 86.2 cm³/mol. The Bertz CT molecular complexity index is 743. The van der Waals surface area contributed by atoms with Crippen molar-refractivity contribution in [1.82, 2.24) is 4.57 Å². The van der Waals surface area contributed by atoms with E-state index in [4.69, 9.17) is 9.47 Å². The van der Waals surface area contributed by atoms with Crippen LogP contribution in [0.5, 0.6) is 5.75 Å². The van der Waals surface area contributed by atoms with Crippen molar-refractivity contribution < 1.29 is 14.3 Å². The van der Waals surface area contributed by atoms with Gasteiger partial charge < -0.3 is 14.0 Å². The predicted octanol–water partition coefficient (Wildman–Crippen LogP) is 2.59. The van der Waals surface area contributed by atoms with E-state index in [0.29, 0.717) is 19.8 Å². The summed E-state index contributed by atoms with van der Waals surface area (Å²) in [6.07, 6.45) is 1.94. The van der Waals surface area contributed by atoms with Crippen molar-refractivity contribution in [2.45, 2.75) is 26.3 Å². The summed E-state index contributed by atoms with van der Waals surface area (Å²) < 4.78 is 13.9. The number of carbonyl (C=O) groups is 1. The van der Waals surface area contributed by atoms with E-state index in [1.54, 1.807) is 7.11 Å². The molecule has 0 N–H and O–H groups in total. The van der Waals surface area contributed by atoms with Crippen LogP contribution in [-0.4, -0.2) is 30.8 Å². The Morgan fingerprint density at radius 1 is 1.45 bits per heavy atom. The first kappa shape index (κ1) is 15.2. The number of amides is 1. The molecule has 1 aliphatic carbocycles. The van der Waals surface area contributed by atoms with Gasteiger partial charge in [-0.05, 0) is 38.0 Å². The minimum atomic E-state index is 0.00341. The van der Waals surface area contributed by atoms with Crippen molar-refractivity contribution in [2.24, 2.45) is 10.9 Å². The smallest absolute Gasteiger partial charge is 0.251 e. The van der Waals surface area contributed by atoms with E-state index in [1.165, 1.54) is 11.3 Å². The maximum absolute atomic E-state index is 12.0. The minimum Gasteiger partial charge on any atom is -0.497 e. The molecular weight excluding hydrogens is 300 g/mol. The normalized spacial score (nSPS) is 15.5. The lowest BCUT2D eigenvalue weighted by molar-refractivity contribution is -0.119. The van der Waals surface area contributed by atoms with Gasteiger partial charge in [0.15, 0.2) is 4.80 Å². The molecule has 3 rings (SSSR count). The number of hydrogen-bond acceptors (Lipinski definition) is 4. The molecule has 0 unspecified atom stereocenters. The van der Waals surface area contributed by atoms with Crippen LogP contribution in [-0.2, 0) is 16.1 Å². The third-order valence-electron chi connectivity index (χ3n) is 3.69. The molecule has 1 aromatic heterocycles. The van der Waals surface area contributed by atoms with Crippen molar-refractivity contribution in [3.63, 3.8) is 0 Å². The lowest BCUT2D eigenvalue weighted by Gasteiger charge is -2.06. The fourth-order valence-electron chi connectivity index (χ4n) is 2.30. The largest absolute Gasteiger partial charge is 0.497 e. The topological polar surface area (TPSA) is 52.8 Å². The zero-order chi connectivity index (χ0) is 15.5. The monoisotopic (exact) mass is 320 g/mol. The quantitative estimate of drug-likeness (QED) is 0.769. The summed E-state index contributed by atoms with van der Waals surface area (Å²) in [6.45, 7) is 3.96.